The number of hydrogen-bond acceptors (Lipinski definition) is 24. The van der Waals surface area contributed by atoms with Crippen LogP contribution in [-0.2, 0) is 60.1 Å². The normalized spacial score (nSPS) is 28.2. The molecule has 3 saturated carbocycles. The third kappa shape index (κ3) is 15.9. The summed E-state index contributed by atoms with van der Waals surface area (Å²) in [4.78, 5) is 25.6. The molecule has 0 bridgehead atoms. The van der Waals surface area contributed by atoms with Crippen LogP contribution in [0.5, 0.6) is 0 Å². The molecule has 3 aliphatic carbocycles. The van der Waals surface area contributed by atoms with Gasteiger partial charge in [0, 0.05) is 219 Å². The predicted octanol–water partition coefficient (Wildman–Crippen LogP) is 11.8. The molecular weight excluding hydrogens is 1920 g/mol. The van der Waals surface area contributed by atoms with Crippen LogP contribution in [-0.4, -0.2) is 255 Å². The third-order valence-electron chi connectivity index (χ3n) is 33.3. The van der Waals surface area contributed by atoms with E-state index in [1.807, 2.05) is 65.0 Å². The van der Waals surface area contributed by atoms with Gasteiger partial charge in [0.05, 0.1) is 63.4 Å². The monoisotopic (exact) mass is 2040 g/mol. The summed E-state index contributed by atoms with van der Waals surface area (Å²) in [6.45, 7) is 19.4. The number of pyridine rings is 6. The summed E-state index contributed by atoms with van der Waals surface area (Å²) in [5, 5.41) is 28.7. The molecule has 13 atom stereocenters. The quantitative estimate of drug-likeness (QED) is 0.0661. The molecule has 6 aromatic heterocycles. The molecule has 18 heterocycles. The molecule has 39 heteroatoms. The molecule has 15 fully saturated rings. The van der Waals surface area contributed by atoms with Gasteiger partial charge in [0.1, 0.15) is 0 Å². The van der Waals surface area contributed by atoms with Gasteiger partial charge in [-0.2, -0.15) is 25.8 Å². The maximum Gasteiger partial charge on any atom is 0.244 e. The van der Waals surface area contributed by atoms with E-state index in [-0.39, 0.29) is 67.4 Å². The number of nitrogens with zero attached hydrogens (tertiary/aromatic N) is 12. The van der Waals surface area contributed by atoms with Crippen LogP contribution in [0.3, 0.4) is 0 Å². The van der Waals surface area contributed by atoms with Crippen LogP contribution in [0.4, 0.5) is 8.78 Å². The fraction of sp³-hybridized carbons (Fsp3) is 0.465. The summed E-state index contributed by atoms with van der Waals surface area (Å²) in [6, 6.07) is 37.9. The first kappa shape index (κ1) is 96.0. The average molecular weight is 2040 g/mol. The molecule has 27 rings (SSSR count). The number of aromatic nitrogens is 6. The van der Waals surface area contributed by atoms with Gasteiger partial charge in [-0.3, -0.25) is 29.9 Å². The first-order valence-corrected chi connectivity index (χ1v) is 57.7. The summed E-state index contributed by atoms with van der Waals surface area (Å²) in [5.41, 5.74) is -1.53. The van der Waals surface area contributed by atoms with Crippen LogP contribution in [0, 0.1) is 47.1 Å². The second-order valence-corrected chi connectivity index (χ2v) is 53.0. The first-order chi connectivity index (χ1) is 67.0. The smallest absolute Gasteiger partial charge is 0.244 e. The lowest BCUT2D eigenvalue weighted by Crippen LogP contribution is -2.52. The molecule has 738 valence electrons. The Kier molecular flexibility index (Phi) is 24.6. The molecule has 6 N–H and O–H groups in total. The maximum absolute atomic E-state index is 14.3. The average Bonchev–Trinajstić information content (AvgIpc) is 1.53. The van der Waals surface area contributed by atoms with Crippen molar-refractivity contribution in [3.8, 4) is 0 Å². The fourth-order valence-electron chi connectivity index (χ4n) is 26.3. The number of benzene rings is 6. The van der Waals surface area contributed by atoms with Gasteiger partial charge in [-0.25, -0.2) is 59.3 Å². The van der Waals surface area contributed by atoms with Crippen LogP contribution in [0.2, 0.25) is 5.02 Å². The summed E-state index contributed by atoms with van der Waals surface area (Å²) in [5.74, 6) is 1.19. The second-order valence-electron chi connectivity index (χ2n) is 41.5. The largest absolute Gasteiger partial charge is 0.312 e. The van der Waals surface area contributed by atoms with E-state index in [1.165, 1.54) is 35.0 Å². The van der Waals surface area contributed by atoms with E-state index >= 15 is 0 Å². The standard InChI is InChI=1S/C17H18ClN3O2S.C17H18FN3O2S.C17H19N3O2S.2C17H21N3O2S.C16H18FN3O2S/c2*18-13-9-19-8-11-2-1-3-14(15(11)13)24(22,23)21-10-12-4-7-20-16(12)17(21)5-6-17;21-23(22,15-3-1-2-12-10-18-8-5-14(12)15)20-11-13-4-9-19-16(13)17(20)6-7-17;2*1-17(2)16-13(6-9-19-16)11-20(17)23(21,22)15-5-3-4-12-10-18-8-7-14(12)15;1-10-16-12(5-6-19-16)9-20(10)23(21,22)14-4-2-3-11-7-18-8-13(17)15(11)14/h2*1-3,8-9,12,16,20H,4-7,10H2;1-3,5,8,10,13,16,19H,4,6-7,9,11H2;2*3-5,7-8,10,13,16,19H,6,9,11H2,1-2H3;2-4,7-8,10,12,16,19H,5-6,9H2,1H3. The highest BCUT2D eigenvalue weighted by Crippen LogP contribution is 2.60. The van der Waals surface area contributed by atoms with Crippen molar-refractivity contribution in [2.75, 3.05) is 78.5 Å². The second kappa shape index (κ2) is 35.8. The van der Waals surface area contributed by atoms with Crippen molar-refractivity contribution < 1.29 is 59.3 Å². The molecule has 6 aromatic carbocycles. The molecule has 0 amide bonds. The zero-order valence-corrected chi connectivity index (χ0v) is 84.0. The highest BCUT2D eigenvalue weighted by molar-refractivity contribution is 7.91. The van der Waals surface area contributed by atoms with Crippen molar-refractivity contribution in [2.45, 2.75) is 211 Å². The minimum Gasteiger partial charge on any atom is -0.312 e. The van der Waals surface area contributed by atoms with E-state index in [2.05, 4.69) is 61.8 Å². The minimum absolute atomic E-state index is 0.0294. The van der Waals surface area contributed by atoms with Crippen LogP contribution < -0.4 is 31.9 Å². The Morgan fingerprint density at radius 3 is 0.943 bits per heavy atom. The number of halogens is 3. The summed E-state index contributed by atoms with van der Waals surface area (Å²) >= 11 is 6.30. The molecule has 13 unspecified atom stereocenters. The van der Waals surface area contributed by atoms with Crippen molar-refractivity contribution in [1.29, 1.82) is 0 Å². The Morgan fingerprint density at radius 1 is 0.307 bits per heavy atom. The molecule has 30 nitrogen and oxygen atoms in total. The van der Waals surface area contributed by atoms with E-state index in [1.54, 1.807) is 150 Å². The van der Waals surface area contributed by atoms with Crippen LogP contribution >= 0.6 is 11.6 Å². The Balaban J connectivity index is 0.0000000966. The SMILES string of the molecule is CC1(C)C2NCCC2CN1S(=O)(=O)c1cccc2cnccc12.CC1(C)C2NCCC2CN1S(=O)(=O)c1cccc2cnccc12.CC1C2NCCC2CN1S(=O)(=O)c1cccc2cncc(F)c12.O=S(=O)(c1cccc2cncc(Cl)c12)N1CC2CCNC2C12CC2.O=S(=O)(c1cccc2cncc(F)c12)N1CC2CCNC2C12CC2.O=S(=O)(c1cccc2cnccc12)N1CC2CCNC2C12CC2. The van der Waals surface area contributed by atoms with Gasteiger partial charge in [-0.1, -0.05) is 84.4 Å². The molecule has 12 aromatic rings. The number of rotatable bonds is 12. The van der Waals surface area contributed by atoms with Crippen molar-refractivity contribution in [3.05, 3.63) is 218 Å². The third-order valence-corrected chi connectivity index (χ3v) is 45.8. The number of sulfonamides is 6. The van der Waals surface area contributed by atoms with Gasteiger partial charge in [-0.15, -0.1) is 0 Å². The van der Waals surface area contributed by atoms with Gasteiger partial charge in [0.2, 0.25) is 60.1 Å². The predicted molar refractivity (Wildman–Crippen MR) is 532 cm³/mol. The summed E-state index contributed by atoms with van der Waals surface area (Å²) < 4.78 is 199. The Hall–Kier alpha value is -8.85. The molecule has 12 saturated heterocycles. The van der Waals surface area contributed by atoms with Gasteiger partial charge < -0.3 is 31.9 Å². The van der Waals surface area contributed by atoms with Gasteiger partial charge in [0.25, 0.3) is 0 Å². The van der Waals surface area contributed by atoms with E-state index in [0.717, 1.165) is 166 Å². The number of nitrogens with one attached hydrogen (secondary N) is 6. The maximum atomic E-state index is 14.3. The topological polar surface area (TPSA) is 374 Å². The lowest BCUT2D eigenvalue weighted by atomic mass is 9.92. The molecule has 3 spiro atoms. The summed E-state index contributed by atoms with van der Waals surface area (Å²) in [6.07, 6.45) is 30.2. The molecule has 140 heavy (non-hydrogen) atoms. The highest BCUT2D eigenvalue weighted by atomic mass is 35.5. The van der Waals surface area contributed by atoms with Gasteiger partial charge in [-0.05, 0) is 241 Å². The lowest BCUT2D eigenvalue weighted by molar-refractivity contribution is 0.252. The first-order valence-electron chi connectivity index (χ1n) is 48.7. The van der Waals surface area contributed by atoms with Crippen LogP contribution in [0.1, 0.15) is 112 Å². The van der Waals surface area contributed by atoms with E-state index < -0.39 is 82.9 Å². The molecule has 0 radical (unpaired) electrons. The van der Waals surface area contributed by atoms with Crippen LogP contribution in [0.15, 0.2) is 231 Å². The van der Waals surface area contributed by atoms with E-state index in [0.29, 0.717) is 128 Å². The zero-order valence-electron chi connectivity index (χ0n) is 78.4. The van der Waals surface area contributed by atoms with Crippen LogP contribution in [0.25, 0.3) is 64.6 Å². The number of hydrogen-bond donors (Lipinski definition) is 6. The molecule has 12 aliphatic heterocycles. The van der Waals surface area contributed by atoms with Gasteiger partial charge in [0.15, 0.2) is 11.6 Å². The van der Waals surface area contributed by atoms with E-state index in [9.17, 15) is 59.3 Å². The highest BCUT2D eigenvalue weighted by Gasteiger charge is 2.69. The zero-order chi connectivity index (χ0) is 97.4. The van der Waals surface area contributed by atoms with Gasteiger partial charge >= 0.3 is 0 Å². The Labute approximate surface area is 820 Å². The van der Waals surface area contributed by atoms with Crippen molar-refractivity contribution in [3.63, 3.8) is 0 Å². The van der Waals surface area contributed by atoms with Crippen molar-refractivity contribution >= 4 is 136 Å². The van der Waals surface area contributed by atoms with E-state index in [4.69, 9.17) is 11.6 Å². The minimum atomic E-state index is -3.75. The summed E-state index contributed by atoms with van der Waals surface area (Å²) in [7, 11) is -21.7. The molecule has 15 aliphatic rings. The van der Waals surface area contributed by atoms with Crippen molar-refractivity contribution in [2.24, 2.45) is 35.5 Å². The Bertz CT molecular complexity index is 7170. The fourth-order valence-corrected chi connectivity index (χ4v) is 39.1. The molecular formula is C101H115ClF2N18O12S6. The van der Waals surface area contributed by atoms with Crippen molar-refractivity contribution in [1.82, 2.24) is 87.6 Å². The number of fused-ring (bicyclic) bond motifs is 15. The lowest BCUT2D eigenvalue weighted by Gasteiger charge is -2.35. The Morgan fingerprint density at radius 2 is 0.586 bits per heavy atom.